The lowest BCUT2D eigenvalue weighted by molar-refractivity contribution is 0.469. The van der Waals surface area contributed by atoms with Crippen LogP contribution < -0.4 is 10.5 Å². The molecule has 0 aliphatic carbocycles. The molecule has 0 fully saturated rings. The number of fused-ring (bicyclic) bond motifs is 1. The van der Waals surface area contributed by atoms with Crippen LogP contribution in [0, 0.1) is 6.92 Å². The number of hydrogen-bond donors (Lipinski definition) is 1. The van der Waals surface area contributed by atoms with Crippen molar-refractivity contribution >= 4 is 27.5 Å². The first kappa shape index (κ1) is 12.9. The van der Waals surface area contributed by atoms with Gasteiger partial charge in [-0.05, 0) is 37.1 Å². The van der Waals surface area contributed by atoms with Crippen LogP contribution in [-0.2, 0) is 6.42 Å². The van der Waals surface area contributed by atoms with E-state index in [2.05, 4.69) is 23.0 Å². The highest BCUT2D eigenvalue weighted by atomic mass is 32.1. The molecule has 3 aromatic rings. The number of aromatic nitrogens is 2. The quantitative estimate of drug-likeness (QED) is 0.792. The summed E-state index contributed by atoms with van der Waals surface area (Å²) in [6, 6.07) is 10.0. The first-order valence-electron chi connectivity index (χ1n) is 6.46. The van der Waals surface area contributed by atoms with Crippen molar-refractivity contribution in [1.29, 1.82) is 0 Å². The Bertz CT molecular complexity index is 767. The van der Waals surface area contributed by atoms with Crippen LogP contribution in [0.1, 0.15) is 17.4 Å². The molecule has 0 atom stereocenters. The van der Waals surface area contributed by atoms with Gasteiger partial charge in [0.25, 0.3) is 0 Å². The van der Waals surface area contributed by atoms with E-state index in [1.807, 2.05) is 31.2 Å². The third-order valence-corrected chi connectivity index (χ3v) is 3.96. The fourth-order valence-corrected chi connectivity index (χ4v) is 2.93. The molecule has 0 amide bonds. The van der Waals surface area contributed by atoms with Gasteiger partial charge in [0.05, 0.1) is 5.39 Å². The number of ether oxygens (including phenoxy) is 1. The van der Waals surface area contributed by atoms with Crippen molar-refractivity contribution in [2.45, 2.75) is 20.3 Å². The van der Waals surface area contributed by atoms with Crippen molar-refractivity contribution in [2.24, 2.45) is 0 Å². The second kappa shape index (κ2) is 5.09. The molecular weight excluding hydrogens is 270 g/mol. The molecule has 0 aliphatic rings. The van der Waals surface area contributed by atoms with Crippen molar-refractivity contribution < 1.29 is 4.74 Å². The number of anilines is 1. The van der Waals surface area contributed by atoms with E-state index in [4.69, 9.17) is 10.5 Å². The van der Waals surface area contributed by atoms with Gasteiger partial charge in [0.15, 0.2) is 0 Å². The first-order valence-corrected chi connectivity index (χ1v) is 7.28. The molecule has 0 saturated carbocycles. The van der Waals surface area contributed by atoms with E-state index in [0.29, 0.717) is 5.88 Å². The summed E-state index contributed by atoms with van der Waals surface area (Å²) < 4.78 is 5.90. The standard InChI is InChI=1S/C15H15N3OS/c1-3-10-5-4-6-11(8-10)19-13-12-7-9(2)20-14(12)18-15(16)17-13/h4-8H,3H2,1-2H3,(H2,16,17,18). The number of nitrogen functional groups attached to an aromatic ring is 1. The smallest absolute Gasteiger partial charge is 0.232 e. The molecule has 2 heterocycles. The van der Waals surface area contributed by atoms with Gasteiger partial charge >= 0.3 is 0 Å². The Morgan fingerprint density at radius 3 is 2.90 bits per heavy atom. The molecule has 1 aromatic carbocycles. The normalized spacial score (nSPS) is 10.9. The van der Waals surface area contributed by atoms with Crippen LogP contribution in [0.5, 0.6) is 11.6 Å². The van der Waals surface area contributed by atoms with Crippen LogP contribution in [0.3, 0.4) is 0 Å². The van der Waals surface area contributed by atoms with Gasteiger partial charge in [0.1, 0.15) is 10.6 Å². The summed E-state index contributed by atoms with van der Waals surface area (Å²) in [5, 5.41) is 0.906. The third kappa shape index (κ3) is 2.44. The lowest BCUT2D eigenvalue weighted by Gasteiger charge is -2.07. The number of rotatable bonds is 3. The fraction of sp³-hybridized carbons (Fsp3) is 0.200. The number of hydrogen-bond acceptors (Lipinski definition) is 5. The van der Waals surface area contributed by atoms with Gasteiger partial charge in [-0.1, -0.05) is 19.1 Å². The predicted octanol–water partition coefficient (Wildman–Crippen LogP) is 3.94. The monoisotopic (exact) mass is 285 g/mol. The zero-order valence-electron chi connectivity index (χ0n) is 11.4. The van der Waals surface area contributed by atoms with Gasteiger partial charge in [-0.15, -0.1) is 11.3 Å². The van der Waals surface area contributed by atoms with Crippen molar-refractivity contribution in [3.05, 3.63) is 40.8 Å². The summed E-state index contributed by atoms with van der Waals surface area (Å²) in [5.74, 6) is 1.53. The number of nitrogens with two attached hydrogens (primary N) is 1. The Labute approximate surface area is 121 Å². The minimum absolute atomic E-state index is 0.237. The zero-order chi connectivity index (χ0) is 14.1. The number of thiophene rings is 1. The minimum Gasteiger partial charge on any atom is -0.438 e. The third-order valence-electron chi connectivity index (χ3n) is 3.02. The van der Waals surface area contributed by atoms with E-state index in [1.54, 1.807) is 11.3 Å². The van der Waals surface area contributed by atoms with Crippen molar-refractivity contribution in [1.82, 2.24) is 9.97 Å². The van der Waals surface area contributed by atoms with Crippen LogP contribution >= 0.6 is 11.3 Å². The molecule has 0 bridgehead atoms. The highest BCUT2D eigenvalue weighted by Crippen LogP contribution is 2.33. The van der Waals surface area contributed by atoms with Gasteiger partial charge in [-0.25, -0.2) is 4.98 Å². The lowest BCUT2D eigenvalue weighted by Crippen LogP contribution is -1.97. The second-order valence-electron chi connectivity index (χ2n) is 4.57. The zero-order valence-corrected chi connectivity index (χ0v) is 12.2. The van der Waals surface area contributed by atoms with Gasteiger partial charge in [0, 0.05) is 4.88 Å². The summed E-state index contributed by atoms with van der Waals surface area (Å²) in [5.41, 5.74) is 6.97. The number of aryl methyl sites for hydroxylation is 2. The summed E-state index contributed by atoms with van der Waals surface area (Å²) in [7, 11) is 0. The van der Waals surface area contributed by atoms with E-state index in [0.717, 1.165) is 27.3 Å². The fourth-order valence-electron chi connectivity index (χ4n) is 2.05. The van der Waals surface area contributed by atoms with Crippen LogP contribution in [0.25, 0.3) is 10.2 Å². The molecule has 2 N–H and O–H groups in total. The maximum Gasteiger partial charge on any atom is 0.232 e. The highest BCUT2D eigenvalue weighted by molar-refractivity contribution is 7.18. The summed E-state index contributed by atoms with van der Waals surface area (Å²) >= 11 is 1.59. The Balaban J connectivity index is 2.05. The van der Waals surface area contributed by atoms with Crippen molar-refractivity contribution in [2.75, 3.05) is 5.73 Å². The predicted molar refractivity (Wildman–Crippen MR) is 82.5 cm³/mol. The molecule has 102 valence electrons. The molecule has 4 nitrogen and oxygen atoms in total. The van der Waals surface area contributed by atoms with Gasteiger partial charge in [-0.3, -0.25) is 0 Å². The van der Waals surface area contributed by atoms with Crippen LogP contribution in [0.4, 0.5) is 5.95 Å². The average molecular weight is 285 g/mol. The maximum absolute atomic E-state index is 5.90. The first-order chi connectivity index (χ1) is 9.65. The van der Waals surface area contributed by atoms with Crippen LogP contribution in [0.15, 0.2) is 30.3 Å². The van der Waals surface area contributed by atoms with E-state index >= 15 is 0 Å². The molecule has 0 radical (unpaired) electrons. The largest absolute Gasteiger partial charge is 0.438 e. The summed E-state index contributed by atoms with van der Waals surface area (Å²) in [6.45, 7) is 4.15. The molecule has 20 heavy (non-hydrogen) atoms. The molecule has 2 aromatic heterocycles. The van der Waals surface area contributed by atoms with Gasteiger partial charge < -0.3 is 10.5 Å². The van der Waals surface area contributed by atoms with E-state index in [-0.39, 0.29) is 5.95 Å². The Morgan fingerprint density at radius 2 is 2.10 bits per heavy atom. The van der Waals surface area contributed by atoms with Crippen LogP contribution in [-0.4, -0.2) is 9.97 Å². The molecule has 3 rings (SSSR count). The second-order valence-corrected chi connectivity index (χ2v) is 5.80. The molecular formula is C15H15N3OS. The summed E-state index contributed by atoms with van der Waals surface area (Å²) in [4.78, 5) is 10.5. The molecule has 0 saturated heterocycles. The SMILES string of the molecule is CCc1cccc(Oc2nc(N)nc3sc(C)cc23)c1. The van der Waals surface area contributed by atoms with Crippen LogP contribution in [0.2, 0.25) is 0 Å². The molecule has 0 spiro atoms. The van der Waals surface area contributed by atoms with E-state index in [1.165, 1.54) is 5.56 Å². The lowest BCUT2D eigenvalue weighted by atomic mass is 10.2. The van der Waals surface area contributed by atoms with Crippen molar-refractivity contribution in [3.63, 3.8) is 0 Å². The van der Waals surface area contributed by atoms with E-state index in [9.17, 15) is 0 Å². The van der Waals surface area contributed by atoms with Gasteiger partial charge in [-0.2, -0.15) is 4.98 Å². The van der Waals surface area contributed by atoms with Gasteiger partial charge in [0.2, 0.25) is 11.8 Å². The Hall–Kier alpha value is -2.14. The Morgan fingerprint density at radius 1 is 1.25 bits per heavy atom. The summed E-state index contributed by atoms with van der Waals surface area (Å²) in [6.07, 6.45) is 0.968. The van der Waals surface area contributed by atoms with E-state index < -0.39 is 0 Å². The molecule has 0 unspecified atom stereocenters. The Kier molecular flexibility index (Phi) is 3.28. The maximum atomic E-state index is 5.90. The molecule has 5 heteroatoms. The minimum atomic E-state index is 0.237. The number of nitrogens with zero attached hydrogens (tertiary/aromatic N) is 2. The average Bonchev–Trinajstić information content (AvgIpc) is 2.79. The molecule has 0 aliphatic heterocycles. The highest BCUT2D eigenvalue weighted by Gasteiger charge is 2.11. The van der Waals surface area contributed by atoms with Crippen molar-refractivity contribution in [3.8, 4) is 11.6 Å². The number of benzene rings is 1. The topological polar surface area (TPSA) is 61.0 Å².